The van der Waals surface area contributed by atoms with Gasteiger partial charge < -0.3 is 11.5 Å². The molecule has 4 N–H and O–H groups in total. The number of rotatable bonds is 12. The van der Waals surface area contributed by atoms with E-state index in [2.05, 4.69) is 6.92 Å². The molecule has 7 heteroatoms. The Morgan fingerprint density at radius 1 is 0.882 bits per heavy atom. The fraction of sp³-hybridized carbons (Fsp3) is 1.00. The molecule has 0 bridgehead atoms. The summed E-state index contributed by atoms with van der Waals surface area (Å²) in [6.45, 7) is 3.34. The quantitative estimate of drug-likeness (QED) is 0.412. The molecule has 6 nitrogen and oxygen atoms in total. The number of phosphoric ester groups is 1. The van der Waals surface area contributed by atoms with Crippen molar-refractivity contribution in [3.63, 3.8) is 0 Å². The van der Waals surface area contributed by atoms with Gasteiger partial charge in [0, 0.05) is 13.1 Å². The minimum atomic E-state index is -3.46. The van der Waals surface area contributed by atoms with Crippen LogP contribution in [0.25, 0.3) is 0 Å². The first-order valence-corrected chi connectivity index (χ1v) is 7.58. The molecule has 0 saturated heterocycles. The van der Waals surface area contributed by atoms with Gasteiger partial charge in [0.25, 0.3) is 0 Å². The molecule has 0 aromatic rings. The fourth-order valence-corrected chi connectivity index (χ4v) is 2.38. The zero-order valence-electron chi connectivity index (χ0n) is 10.6. The third-order valence-electron chi connectivity index (χ3n) is 1.98. The molecule has 0 fully saturated rings. The first-order valence-electron chi connectivity index (χ1n) is 6.12. The average Bonchev–Trinajstić information content (AvgIpc) is 2.34. The third-order valence-corrected chi connectivity index (χ3v) is 3.48. The molecule has 0 saturated carbocycles. The van der Waals surface area contributed by atoms with Crippen LogP contribution in [0.3, 0.4) is 0 Å². The molecule has 0 heterocycles. The molecular weight excluding hydrogens is 243 g/mol. The van der Waals surface area contributed by atoms with E-state index in [4.69, 9.17) is 25.0 Å². The van der Waals surface area contributed by atoms with Gasteiger partial charge in [0.1, 0.15) is 0 Å². The van der Waals surface area contributed by atoms with E-state index >= 15 is 0 Å². The van der Waals surface area contributed by atoms with Crippen LogP contribution in [0.4, 0.5) is 0 Å². The second-order valence-electron chi connectivity index (χ2n) is 3.58. The molecular formula is C10H25N2O4P. The van der Waals surface area contributed by atoms with Crippen molar-refractivity contribution in [2.75, 3.05) is 32.9 Å². The zero-order chi connectivity index (χ0) is 13.0. The van der Waals surface area contributed by atoms with E-state index in [0.29, 0.717) is 6.61 Å². The molecule has 0 amide bonds. The molecule has 0 aliphatic heterocycles. The lowest BCUT2D eigenvalue weighted by atomic mass is 10.2. The van der Waals surface area contributed by atoms with Crippen molar-refractivity contribution in [3.05, 3.63) is 0 Å². The van der Waals surface area contributed by atoms with Crippen molar-refractivity contribution < 1.29 is 18.1 Å². The Kier molecular flexibility index (Phi) is 11.2. The van der Waals surface area contributed by atoms with Gasteiger partial charge in [-0.05, 0) is 6.42 Å². The maximum atomic E-state index is 12.0. The minimum Gasteiger partial charge on any atom is -0.328 e. The standard InChI is InChI=1S/C10H25N2O4P/c1-2-3-4-5-8-14-17(13,15-9-6-11)16-10-7-12/h2-12H2,1H3. The summed E-state index contributed by atoms with van der Waals surface area (Å²) in [4.78, 5) is 0. The maximum absolute atomic E-state index is 12.0. The predicted molar refractivity (Wildman–Crippen MR) is 67.7 cm³/mol. The molecule has 0 aromatic heterocycles. The van der Waals surface area contributed by atoms with E-state index in [0.717, 1.165) is 25.7 Å². The van der Waals surface area contributed by atoms with Gasteiger partial charge in [-0.25, -0.2) is 4.57 Å². The summed E-state index contributed by atoms with van der Waals surface area (Å²) in [5.74, 6) is 0. The van der Waals surface area contributed by atoms with Crippen molar-refractivity contribution in [2.24, 2.45) is 11.5 Å². The second-order valence-corrected chi connectivity index (χ2v) is 5.25. The summed E-state index contributed by atoms with van der Waals surface area (Å²) in [7, 11) is -3.46. The van der Waals surface area contributed by atoms with Crippen molar-refractivity contribution in [1.82, 2.24) is 0 Å². The molecule has 0 rings (SSSR count). The number of unbranched alkanes of at least 4 members (excludes halogenated alkanes) is 3. The smallest absolute Gasteiger partial charge is 0.328 e. The van der Waals surface area contributed by atoms with E-state index in [1.807, 2.05) is 0 Å². The molecule has 0 aromatic carbocycles. The summed E-state index contributed by atoms with van der Waals surface area (Å²) in [6, 6.07) is 0. The Hall–Kier alpha value is 0.0300. The lowest BCUT2D eigenvalue weighted by Crippen LogP contribution is -2.13. The van der Waals surface area contributed by atoms with Crippen molar-refractivity contribution in [2.45, 2.75) is 32.6 Å². The fourth-order valence-electron chi connectivity index (χ4n) is 1.15. The molecule has 0 unspecified atom stereocenters. The monoisotopic (exact) mass is 268 g/mol. The van der Waals surface area contributed by atoms with Gasteiger partial charge in [0.05, 0.1) is 19.8 Å². The lowest BCUT2D eigenvalue weighted by molar-refractivity contribution is 0.116. The molecule has 0 aliphatic carbocycles. The highest BCUT2D eigenvalue weighted by molar-refractivity contribution is 7.48. The normalized spacial score (nSPS) is 11.9. The van der Waals surface area contributed by atoms with Crippen molar-refractivity contribution >= 4 is 7.82 Å². The Balaban J connectivity index is 3.87. The Morgan fingerprint density at radius 3 is 1.88 bits per heavy atom. The van der Waals surface area contributed by atoms with E-state index in [9.17, 15) is 4.57 Å². The zero-order valence-corrected chi connectivity index (χ0v) is 11.5. The molecule has 0 radical (unpaired) electrons. The lowest BCUT2D eigenvalue weighted by Gasteiger charge is -2.17. The van der Waals surface area contributed by atoms with Crippen molar-refractivity contribution in [3.8, 4) is 0 Å². The maximum Gasteiger partial charge on any atom is 0.474 e. The van der Waals surface area contributed by atoms with E-state index in [1.165, 1.54) is 0 Å². The first kappa shape index (κ1) is 17.0. The van der Waals surface area contributed by atoms with Crippen LogP contribution in [-0.4, -0.2) is 32.9 Å². The molecule has 0 aliphatic rings. The van der Waals surface area contributed by atoms with Gasteiger partial charge in [-0.2, -0.15) is 0 Å². The summed E-state index contributed by atoms with van der Waals surface area (Å²) < 4.78 is 27.2. The van der Waals surface area contributed by atoms with Gasteiger partial charge in [-0.1, -0.05) is 26.2 Å². The number of hydrogen-bond donors (Lipinski definition) is 2. The number of phosphoric acid groups is 1. The molecule has 0 atom stereocenters. The van der Waals surface area contributed by atoms with E-state index < -0.39 is 7.82 Å². The van der Waals surface area contributed by atoms with Crippen LogP contribution in [0.2, 0.25) is 0 Å². The summed E-state index contributed by atoms with van der Waals surface area (Å²) >= 11 is 0. The minimum absolute atomic E-state index is 0.150. The van der Waals surface area contributed by atoms with Crippen LogP contribution in [0, 0.1) is 0 Å². The Labute approximate surface area is 104 Å². The van der Waals surface area contributed by atoms with Crippen molar-refractivity contribution in [1.29, 1.82) is 0 Å². The largest absolute Gasteiger partial charge is 0.474 e. The van der Waals surface area contributed by atoms with Crippen LogP contribution in [0.1, 0.15) is 32.6 Å². The highest BCUT2D eigenvalue weighted by Crippen LogP contribution is 2.49. The van der Waals surface area contributed by atoms with Gasteiger partial charge in [0.2, 0.25) is 0 Å². The second kappa shape index (κ2) is 11.1. The van der Waals surface area contributed by atoms with Gasteiger partial charge in [-0.3, -0.25) is 13.6 Å². The highest BCUT2D eigenvalue weighted by Gasteiger charge is 2.25. The summed E-state index contributed by atoms with van der Waals surface area (Å²) in [5.41, 5.74) is 10.6. The first-order chi connectivity index (χ1) is 8.18. The highest BCUT2D eigenvalue weighted by atomic mass is 31.2. The SMILES string of the molecule is CCCCCCOP(=O)(OCCN)OCCN. The van der Waals surface area contributed by atoms with E-state index in [1.54, 1.807) is 0 Å². The number of hydrogen-bond acceptors (Lipinski definition) is 6. The third kappa shape index (κ3) is 9.71. The topological polar surface area (TPSA) is 96.8 Å². The van der Waals surface area contributed by atoms with Crippen LogP contribution < -0.4 is 11.5 Å². The summed E-state index contributed by atoms with van der Waals surface area (Å²) in [5, 5.41) is 0. The summed E-state index contributed by atoms with van der Waals surface area (Å²) in [6.07, 6.45) is 4.17. The van der Waals surface area contributed by atoms with Crippen LogP contribution in [-0.2, 0) is 18.1 Å². The van der Waals surface area contributed by atoms with Crippen LogP contribution in [0.5, 0.6) is 0 Å². The number of nitrogens with two attached hydrogens (primary N) is 2. The van der Waals surface area contributed by atoms with Crippen LogP contribution >= 0.6 is 7.82 Å². The molecule has 17 heavy (non-hydrogen) atoms. The van der Waals surface area contributed by atoms with Gasteiger partial charge in [0.15, 0.2) is 0 Å². The van der Waals surface area contributed by atoms with Crippen LogP contribution in [0.15, 0.2) is 0 Å². The Bertz CT molecular complexity index is 204. The van der Waals surface area contributed by atoms with E-state index in [-0.39, 0.29) is 26.3 Å². The van der Waals surface area contributed by atoms with Gasteiger partial charge in [-0.15, -0.1) is 0 Å². The Morgan fingerprint density at radius 2 is 1.41 bits per heavy atom. The molecule has 0 spiro atoms. The predicted octanol–water partition coefficient (Wildman–Crippen LogP) is 1.64. The average molecular weight is 268 g/mol. The molecule has 104 valence electrons. The van der Waals surface area contributed by atoms with Gasteiger partial charge >= 0.3 is 7.82 Å².